The van der Waals surface area contributed by atoms with E-state index in [2.05, 4.69) is 12.1 Å². The van der Waals surface area contributed by atoms with Crippen molar-refractivity contribution in [2.75, 3.05) is 20.3 Å². The molecule has 1 saturated heterocycles. The Balaban J connectivity index is 0.00000128. The lowest BCUT2D eigenvalue weighted by atomic mass is 10.3. The Labute approximate surface area is 116 Å². The predicted molar refractivity (Wildman–Crippen MR) is 69.0 cm³/mol. The van der Waals surface area contributed by atoms with Crippen LogP contribution >= 0.6 is 17.0 Å². The standard InChI is InChI=1S/C7H7O.C4H7O2.BrH.Mg/c1-8-7-5-3-2-4-6-7;1-2-5-4-6-3-1;;/h3-6H,1H3;4H,1-3H2;1H;. The average Bonchev–Trinajstić information content (AvgIpc) is 2.31. The van der Waals surface area contributed by atoms with Gasteiger partial charge in [0.2, 0.25) is 0 Å². The molecule has 0 saturated carbocycles. The zero-order valence-electron chi connectivity index (χ0n) is 9.35. The van der Waals surface area contributed by atoms with E-state index >= 15 is 0 Å². The van der Waals surface area contributed by atoms with Gasteiger partial charge in [-0.1, -0.05) is 12.1 Å². The normalized spacial score (nSPS) is 16.1. The molecule has 3 nitrogen and oxygen atoms in total. The molecule has 2 rings (SSSR count). The zero-order valence-corrected chi connectivity index (χ0v) is 12.5. The Morgan fingerprint density at radius 3 is 2.38 bits per heavy atom. The highest BCUT2D eigenvalue weighted by molar-refractivity contribution is 8.93. The summed E-state index contributed by atoms with van der Waals surface area (Å²) in [6.07, 6.45) is 1.02. The highest BCUT2D eigenvalue weighted by Crippen LogP contribution is 2.07. The number of ether oxygens (including phenoxy) is 3. The molecule has 0 bridgehead atoms. The molecule has 0 spiro atoms. The number of rotatable bonds is 3. The second-order valence-electron chi connectivity index (χ2n) is 3.58. The minimum absolute atomic E-state index is 0. The third kappa shape index (κ3) is 4.22. The van der Waals surface area contributed by atoms with Gasteiger partial charge in [0, 0.05) is 13.2 Å². The fourth-order valence-electron chi connectivity index (χ4n) is 1.61. The summed E-state index contributed by atoms with van der Waals surface area (Å²) in [6.45, 7) is 1.68. The van der Waals surface area contributed by atoms with E-state index in [9.17, 15) is 0 Å². The van der Waals surface area contributed by atoms with Gasteiger partial charge in [0.05, 0.1) is 11.5 Å². The fraction of sp³-hybridized carbons (Fsp3) is 0.455. The molecule has 1 aromatic carbocycles. The first kappa shape index (κ1) is 14.2. The predicted octanol–water partition coefficient (Wildman–Crippen LogP) is 1.32. The Bertz CT molecular complexity index is 299. The molecule has 16 heavy (non-hydrogen) atoms. The van der Waals surface area contributed by atoms with Crippen LogP contribution in [0.15, 0.2) is 24.3 Å². The zero-order chi connectivity index (χ0) is 10.5. The molecular formula is C11H15BrMgO3. The van der Waals surface area contributed by atoms with Crippen LogP contribution in [0.3, 0.4) is 0 Å². The van der Waals surface area contributed by atoms with Crippen LogP contribution < -0.4 is 8.43 Å². The molecule has 0 atom stereocenters. The maximum atomic E-state index is 5.55. The monoisotopic (exact) mass is 298 g/mol. The topological polar surface area (TPSA) is 27.7 Å². The second kappa shape index (κ2) is 7.50. The van der Waals surface area contributed by atoms with E-state index in [1.165, 1.54) is 3.69 Å². The third-order valence-electron chi connectivity index (χ3n) is 2.46. The summed E-state index contributed by atoms with van der Waals surface area (Å²) >= 11 is -0.481. The van der Waals surface area contributed by atoms with Crippen LogP contribution in [0, 0.1) is 0 Å². The van der Waals surface area contributed by atoms with Crippen LogP contribution in [0.4, 0.5) is 0 Å². The molecule has 0 aromatic heterocycles. The molecule has 0 N–H and O–H groups in total. The van der Waals surface area contributed by atoms with E-state index in [4.69, 9.17) is 14.2 Å². The van der Waals surface area contributed by atoms with Crippen LogP contribution in [-0.2, 0) is 9.47 Å². The van der Waals surface area contributed by atoms with Gasteiger partial charge in [0.25, 0.3) is 0 Å². The number of hydrogen-bond acceptors (Lipinski definition) is 3. The minimum atomic E-state index is -0.481. The van der Waals surface area contributed by atoms with Crippen LogP contribution in [-0.4, -0.2) is 45.1 Å². The van der Waals surface area contributed by atoms with Crippen molar-refractivity contribution in [1.29, 1.82) is 0 Å². The maximum Gasteiger partial charge on any atom is 0.495 e. The molecule has 0 unspecified atom stereocenters. The van der Waals surface area contributed by atoms with E-state index in [-0.39, 0.29) is 21.4 Å². The van der Waals surface area contributed by atoms with Crippen LogP contribution in [0.2, 0.25) is 0 Å². The van der Waals surface area contributed by atoms with Gasteiger partial charge in [-0.25, -0.2) is 0 Å². The first-order valence-corrected chi connectivity index (χ1v) is 6.77. The lowest BCUT2D eigenvalue weighted by Gasteiger charge is -2.23. The van der Waals surface area contributed by atoms with Crippen molar-refractivity contribution < 1.29 is 14.2 Å². The van der Waals surface area contributed by atoms with Gasteiger partial charge >= 0.3 is 20.4 Å². The summed E-state index contributed by atoms with van der Waals surface area (Å²) in [5.74, 6) is 0.901. The van der Waals surface area contributed by atoms with E-state index in [0.29, 0.717) is 0 Å². The van der Waals surface area contributed by atoms with Crippen molar-refractivity contribution in [3.63, 3.8) is 0 Å². The number of halogens is 1. The van der Waals surface area contributed by atoms with Crippen LogP contribution in [0.5, 0.6) is 5.75 Å². The van der Waals surface area contributed by atoms with Gasteiger partial charge in [0.1, 0.15) is 5.75 Å². The lowest BCUT2D eigenvalue weighted by molar-refractivity contribution is -0.130. The van der Waals surface area contributed by atoms with Gasteiger partial charge in [-0.05, 0) is 18.6 Å². The Hall–Kier alpha value is 0.186. The number of hydrogen-bond donors (Lipinski definition) is 0. The molecule has 0 aliphatic carbocycles. The summed E-state index contributed by atoms with van der Waals surface area (Å²) in [5.41, 5.74) is 0. The van der Waals surface area contributed by atoms with Crippen molar-refractivity contribution in [2.24, 2.45) is 0 Å². The van der Waals surface area contributed by atoms with E-state index in [0.717, 1.165) is 25.4 Å². The molecule has 1 fully saturated rings. The molecule has 1 aliphatic heterocycles. The van der Waals surface area contributed by atoms with Crippen LogP contribution in [0.1, 0.15) is 6.42 Å². The van der Waals surface area contributed by atoms with Crippen LogP contribution in [0.25, 0.3) is 0 Å². The van der Waals surface area contributed by atoms with Crippen molar-refractivity contribution in [1.82, 2.24) is 0 Å². The average molecular weight is 299 g/mol. The van der Waals surface area contributed by atoms with Crippen molar-refractivity contribution in [2.45, 2.75) is 10.8 Å². The largest absolute Gasteiger partial charge is 0.497 e. The summed E-state index contributed by atoms with van der Waals surface area (Å²) in [5, 5.41) is 0. The van der Waals surface area contributed by atoms with E-state index in [1.807, 2.05) is 12.1 Å². The summed E-state index contributed by atoms with van der Waals surface area (Å²) in [6, 6.07) is 8.19. The first-order chi connectivity index (χ1) is 7.38. The molecule has 1 aliphatic rings. The van der Waals surface area contributed by atoms with E-state index < -0.39 is 20.4 Å². The smallest absolute Gasteiger partial charge is 0.495 e. The third-order valence-corrected chi connectivity index (χ3v) is 4.21. The van der Waals surface area contributed by atoms with Gasteiger partial charge in [-0.15, -0.1) is 17.0 Å². The molecule has 0 radical (unpaired) electrons. The van der Waals surface area contributed by atoms with Crippen molar-refractivity contribution in [3.05, 3.63) is 24.3 Å². The van der Waals surface area contributed by atoms with Gasteiger partial charge in [-0.2, -0.15) is 3.69 Å². The summed E-state index contributed by atoms with van der Waals surface area (Å²) in [7, 11) is 1.68. The second-order valence-corrected chi connectivity index (χ2v) is 5.47. The molecule has 86 valence electrons. The van der Waals surface area contributed by atoms with Gasteiger partial charge in [0.15, 0.2) is 0 Å². The number of methoxy groups -OCH3 is 1. The van der Waals surface area contributed by atoms with E-state index in [1.54, 1.807) is 7.11 Å². The Morgan fingerprint density at radius 2 is 1.81 bits per heavy atom. The van der Waals surface area contributed by atoms with Gasteiger partial charge in [-0.3, -0.25) is 0 Å². The molecular weight excluding hydrogens is 284 g/mol. The lowest BCUT2D eigenvalue weighted by Crippen LogP contribution is -2.36. The molecule has 5 heteroatoms. The van der Waals surface area contributed by atoms with Gasteiger partial charge < -0.3 is 14.2 Å². The van der Waals surface area contributed by atoms with Crippen molar-refractivity contribution >= 4 is 41.0 Å². The first-order valence-electron chi connectivity index (χ1n) is 5.24. The van der Waals surface area contributed by atoms with Crippen molar-refractivity contribution in [3.8, 4) is 5.75 Å². The Morgan fingerprint density at radius 1 is 1.19 bits per heavy atom. The highest BCUT2D eigenvalue weighted by Gasteiger charge is 2.18. The SMILES string of the molecule is Br.COc1cc[c]([Mg][CH]2OCCCO2)cc1. The minimum Gasteiger partial charge on any atom is -0.497 e. The number of benzene rings is 1. The Kier molecular flexibility index (Phi) is 6.68. The summed E-state index contributed by atoms with van der Waals surface area (Å²) < 4.78 is 17.6. The quantitative estimate of drug-likeness (QED) is 0.788. The highest BCUT2D eigenvalue weighted by atomic mass is 79.9. The molecule has 1 heterocycles. The maximum absolute atomic E-state index is 5.55. The molecule has 1 aromatic rings. The fourth-order valence-corrected chi connectivity index (χ4v) is 3.07. The summed E-state index contributed by atoms with van der Waals surface area (Å²) in [4.78, 5) is 0. The molecule has 0 amide bonds.